The molecule has 3 N–H and O–H groups in total. The predicted molar refractivity (Wildman–Crippen MR) is 80.4 cm³/mol. The van der Waals surface area contributed by atoms with Gasteiger partial charge in [0.25, 0.3) is 0 Å². The van der Waals surface area contributed by atoms with Crippen LogP contribution < -0.4 is 10.0 Å². The Bertz CT molecular complexity index is 599. The van der Waals surface area contributed by atoms with Gasteiger partial charge in [0, 0.05) is 19.0 Å². The number of nitrogens with one attached hydrogen (secondary N) is 2. The molecule has 21 heavy (non-hydrogen) atoms. The highest BCUT2D eigenvalue weighted by Gasteiger charge is 2.15. The van der Waals surface area contributed by atoms with Gasteiger partial charge in [0.1, 0.15) is 0 Å². The third-order valence-corrected chi connectivity index (χ3v) is 4.57. The lowest BCUT2D eigenvalue weighted by molar-refractivity contribution is -0.121. The molecule has 1 rings (SSSR count). The molecule has 0 aromatic heterocycles. The smallest absolute Gasteiger partial charge is 0.240 e. The molecular weight excluding hydrogens is 292 g/mol. The van der Waals surface area contributed by atoms with Gasteiger partial charge in [-0.1, -0.05) is 6.07 Å². The van der Waals surface area contributed by atoms with Crippen molar-refractivity contribution in [1.29, 1.82) is 0 Å². The highest BCUT2D eigenvalue weighted by atomic mass is 32.2. The van der Waals surface area contributed by atoms with E-state index in [0.717, 1.165) is 11.1 Å². The lowest BCUT2D eigenvalue weighted by Gasteiger charge is -2.11. The Morgan fingerprint density at radius 2 is 1.95 bits per heavy atom. The van der Waals surface area contributed by atoms with Crippen molar-refractivity contribution < 1.29 is 18.3 Å². The van der Waals surface area contributed by atoms with Crippen molar-refractivity contribution in [1.82, 2.24) is 10.0 Å². The Morgan fingerprint density at radius 3 is 2.52 bits per heavy atom. The standard InChI is InChI=1S/C14H22N2O4S/c1-10-4-5-13(8-11(10)2)21(19,20)15-7-6-14(18)16-12(3)9-17/h4-5,8,12,15,17H,6-7,9H2,1-3H3,(H,16,18). The summed E-state index contributed by atoms with van der Waals surface area (Å²) in [4.78, 5) is 11.7. The molecule has 0 saturated heterocycles. The van der Waals surface area contributed by atoms with E-state index >= 15 is 0 Å². The summed E-state index contributed by atoms with van der Waals surface area (Å²) in [5.41, 5.74) is 1.92. The maximum atomic E-state index is 12.1. The van der Waals surface area contributed by atoms with Crippen LogP contribution in [0.3, 0.4) is 0 Å². The van der Waals surface area contributed by atoms with Gasteiger partial charge < -0.3 is 10.4 Å². The Morgan fingerprint density at radius 1 is 1.29 bits per heavy atom. The first kappa shape index (κ1) is 17.6. The van der Waals surface area contributed by atoms with Crippen LogP contribution in [0.25, 0.3) is 0 Å². The number of carbonyl (C=O) groups is 1. The van der Waals surface area contributed by atoms with Crippen molar-refractivity contribution in [2.75, 3.05) is 13.2 Å². The van der Waals surface area contributed by atoms with Gasteiger partial charge in [-0.15, -0.1) is 0 Å². The number of aryl methyl sites for hydroxylation is 2. The van der Waals surface area contributed by atoms with Crippen molar-refractivity contribution >= 4 is 15.9 Å². The molecule has 0 aliphatic rings. The van der Waals surface area contributed by atoms with Crippen molar-refractivity contribution in [3.05, 3.63) is 29.3 Å². The quantitative estimate of drug-likeness (QED) is 0.682. The maximum absolute atomic E-state index is 12.1. The fourth-order valence-electron chi connectivity index (χ4n) is 1.66. The molecule has 0 saturated carbocycles. The van der Waals surface area contributed by atoms with E-state index in [1.54, 1.807) is 25.1 Å². The van der Waals surface area contributed by atoms with Crippen LogP contribution in [0.2, 0.25) is 0 Å². The molecule has 0 spiro atoms. The largest absolute Gasteiger partial charge is 0.394 e. The van der Waals surface area contributed by atoms with E-state index in [-0.39, 0.29) is 36.4 Å². The number of rotatable bonds is 7. The molecule has 7 heteroatoms. The number of aliphatic hydroxyl groups is 1. The lowest BCUT2D eigenvalue weighted by Crippen LogP contribution is -2.37. The van der Waals surface area contributed by atoms with E-state index in [4.69, 9.17) is 5.11 Å². The maximum Gasteiger partial charge on any atom is 0.240 e. The third-order valence-electron chi connectivity index (χ3n) is 3.11. The molecule has 0 bridgehead atoms. The fourth-order valence-corrected chi connectivity index (χ4v) is 2.77. The van der Waals surface area contributed by atoms with Gasteiger partial charge in [-0.3, -0.25) is 4.79 Å². The second-order valence-electron chi connectivity index (χ2n) is 5.04. The topological polar surface area (TPSA) is 95.5 Å². The van der Waals surface area contributed by atoms with E-state index in [1.807, 2.05) is 13.8 Å². The van der Waals surface area contributed by atoms with Crippen LogP contribution >= 0.6 is 0 Å². The van der Waals surface area contributed by atoms with Crippen LogP contribution in [-0.2, 0) is 14.8 Å². The zero-order valence-corrected chi connectivity index (χ0v) is 13.3. The first-order valence-electron chi connectivity index (χ1n) is 6.73. The number of hydrogen-bond donors (Lipinski definition) is 3. The summed E-state index contributed by atoms with van der Waals surface area (Å²) in [5.74, 6) is -0.306. The second kappa shape index (κ2) is 7.53. The molecule has 1 aromatic rings. The van der Waals surface area contributed by atoms with Crippen molar-refractivity contribution in [3.63, 3.8) is 0 Å². The van der Waals surface area contributed by atoms with Crippen LogP contribution in [0.15, 0.2) is 23.1 Å². The van der Waals surface area contributed by atoms with Crippen LogP contribution in [0.1, 0.15) is 24.5 Å². The number of carbonyl (C=O) groups excluding carboxylic acids is 1. The third kappa shape index (κ3) is 5.45. The highest BCUT2D eigenvalue weighted by molar-refractivity contribution is 7.89. The molecule has 0 aliphatic carbocycles. The van der Waals surface area contributed by atoms with Gasteiger partial charge >= 0.3 is 0 Å². The van der Waals surface area contributed by atoms with Gasteiger partial charge in [0.2, 0.25) is 15.9 Å². The van der Waals surface area contributed by atoms with E-state index in [9.17, 15) is 13.2 Å². The average molecular weight is 314 g/mol. The lowest BCUT2D eigenvalue weighted by atomic mass is 10.1. The number of hydrogen-bond acceptors (Lipinski definition) is 4. The zero-order valence-electron chi connectivity index (χ0n) is 12.5. The highest BCUT2D eigenvalue weighted by Crippen LogP contribution is 2.14. The Balaban J connectivity index is 2.57. The molecular formula is C14H22N2O4S. The fraction of sp³-hybridized carbons (Fsp3) is 0.500. The minimum atomic E-state index is -3.61. The van der Waals surface area contributed by atoms with Gasteiger partial charge in [-0.2, -0.15) is 0 Å². The summed E-state index contributed by atoms with van der Waals surface area (Å²) < 4.78 is 26.5. The number of sulfonamides is 1. The first-order valence-corrected chi connectivity index (χ1v) is 8.21. The normalized spacial score (nSPS) is 13.0. The Kier molecular flexibility index (Phi) is 6.32. The SMILES string of the molecule is Cc1ccc(S(=O)(=O)NCCC(=O)NC(C)CO)cc1C. The van der Waals surface area contributed by atoms with Crippen molar-refractivity contribution in [2.45, 2.75) is 38.1 Å². The van der Waals surface area contributed by atoms with Gasteiger partial charge in [-0.05, 0) is 44.0 Å². The van der Waals surface area contributed by atoms with Crippen LogP contribution in [0, 0.1) is 13.8 Å². The van der Waals surface area contributed by atoms with Crippen molar-refractivity contribution in [2.24, 2.45) is 0 Å². The number of benzene rings is 1. The summed E-state index contributed by atoms with van der Waals surface area (Å²) in [6.45, 7) is 5.28. The predicted octanol–water partition coefficient (Wildman–Crippen LogP) is 0.469. The van der Waals surface area contributed by atoms with E-state index in [1.165, 1.54) is 0 Å². The number of amides is 1. The summed E-state index contributed by atoms with van der Waals surface area (Å²) >= 11 is 0. The molecule has 6 nitrogen and oxygen atoms in total. The van der Waals surface area contributed by atoms with Gasteiger partial charge in [0.15, 0.2) is 0 Å². The zero-order chi connectivity index (χ0) is 16.0. The average Bonchev–Trinajstić information content (AvgIpc) is 2.41. The van der Waals surface area contributed by atoms with Crippen LogP contribution in [-0.4, -0.2) is 38.6 Å². The minimum Gasteiger partial charge on any atom is -0.394 e. The summed E-state index contributed by atoms with van der Waals surface area (Å²) in [6, 6.07) is 4.55. The molecule has 1 unspecified atom stereocenters. The summed E-state index contributed by atoms with van der Waals surface area (Å²) in [5, 5.41) is 11.4. The molecule has 118 valence electrons. The molecule has 0 fully saturated rings. The molecule has 1 amide bonds. The Hall–Kier alpha value is -1.44. The van der Waals surface area contributed by atoms with E-state index in [0.29, 0.717) is 0 Å². The van der Waals surface area contributed by atoms with Gasteiger partial charge in [-0.25, -0.2) is 13.1 Å². The van der Waals surface area contributed by atoms with E-state index < -0.39 is 10.0 Å². The first-order chi connectivity index (χ1) is 9.76. The molecule has 0 aliphatic heterocycles. The van der Waals surface area contributed by atoms with Crippen LogP contribution in [0.4, 0.5) is 0 Å². The molecule has 0 radical (unpaired) electrons. The summed E-state index contributed by atoms with van der Waals surface area (Å²) in [6.07, 6.45) is 0.0222. The minimum absolute atomic E-state index is 0.0131. The van der Waals surface area contributed by atoms with Gasteiger partial charge in [0.05, 0.1) is 11.5 Å². The molecule has 0 heterocycles. The van der Waals surface area contributed by atoms with Crippen molar-refractivity contribution in [3.8, 4) is 0 Å². The summed E-state index contributed by atoms with van der Waals surface area (Å²) in [7, 11) is -3.61. The Labute approximate surface area is 125 Å². The van der Waals surface area contributed by atoms with E-state index in [2.05, 4.69) is 10.0 Å². The molecule has 1 aromatic carbocycles. The monoisotopic (exact) mass is 314 g/mol. The van der Waals surface area contributed by atoms with Crippen LogP contribution in [0.5, 0.6) is 0 Å². The second-order valence-corrected chi connectivity index (χ2v) is 6.81. The molecule has 1 atom stereocenters. The number of aliphatic hydroxyl groups excluding tert-OH is 1.